The minimum absolute atomic E-state index is 0.0446. The molecule has 0 aliphatic rings. The average Bonchev–Trinajstić information content (AvgIpc) is 2.59. The molecule has 116 valence electrons. The van der Waals surface area contributed by atoms with Gasteiger partial charge in [-0.1, -0.05) is 12.1 Å². The van der Waals surface area contributed by atoms with Crippen LogP contribution < -0.4 is 10.6 Å². The fraction of sp³-hybridized carbons (Fsp3) is 0.176. The van der Waals surface area contributed by atoms with Gasteiger partial charge in [-0.05, 0) is 24.3 Å². The summed E-state index contributed by atoms with van der Waals surface area (Å²) in [5, 5.41) is 6.98. The number of pyridine rings is 1. The lowest BCUT2D eigenvalue weighted by Crippen LogP contribution is -2.26. The zero-order valence-corrected chi connectivity index (χ0v) is 12.8. The zero-order valence-electron chi connectivity index (χ0n) is 12.8. The van der Waals surface area contributed by atoms with Crippen LogP contribution >= 0.6 is 0 Å². The number of para-hydroxylation sites is 1. The van der Waals surface area contributed by atoms with E-state index in [1.54, 1.807) is 12.4 Å². The third-order valence-electron chi connectivity index (χ3n) is 3.33. The molecule has 6 nitrogen and oxygen atoms in total. The number of carbonyl (C=O) groups excluding carboxylic acids is 1. The first-order valence-electron chi connectivity index (χ1n) is 7.39. The van der Waals surface area contributed by atoms with Crippen LogP contribution in [0.25, 0.3) is 22.3 Å². The summed E-state index contributed by atoms with van der Waals surface area (Å²) < 4.78 is 0. The molecule has 0 fully saturated rings. The summed E-state index contributed by atoms with van der Waals surface area (Å²) in [4.78, 5) is 24.2. The number of amides is 1. The SMILES string of the molecule is CC(=O)NCCNc1nc(-c2ccncc2)nc2ccccc12. The maximum atomic E-state index is 10.9. The largest absolute Gasteiger partial charge is 0.368 e. The predicted molar refractivity (Wildman–Crippen MR) is 89.9 cm³/mol. The first-order valence-corrected chi connectivity index (χ1v) is 7.39. The number of fused-ring (bicyclic) bond motifs is 1. The summed E-state index contributed by atoms with van der Waals surface area (Å²) in [7, 11) is 0. The van der Waals surface area contributed by atoms with Gasteiger partial charge in [0.05, 0.1) is 5.52 Å². The van der Waals surface area contributed by atoms with Gasteiger partial charge >= 0.3 is 0 Å². The van der Waals surface area contributed by atoms with E-state index >= 15 is 0 Å². The molecule has 0 saturated heterocycles. The van der Waals surface area contributed by atoms with Crippen molar-refractivity contribution in [2.24, 2.45) is 0 Å². The van der Waals surface area contributed by atoms with Gasteiger partial charge in [0.2, 0.25) is 5.91 Å². The monoisotopic (exact) mass is 307 g/mol. The molecule has 6 heteroatoms. The van der Waals surface area contributed by atoms with Crippen molar-refractivity contribution < 1.29 is 4.79 Å². The van der Waals surface area contributed by atoms with Gasteiger partial charge in [-0.3, -0.25) is 9.78 Å². The third-order valence-corrected chi connectivity index (χ3v) is 3.33. The van der Waals surface area contributed by atoms with Gasteiger partial charge in [0.1, 0.15) is 5.82 Å². The highest BCUT2D eigenvalue weighted by Crippen LogP contribution is 2.24. The predicted octanol–water partition coefficient (Wildman–Crippen LogP) is 2.24. The normalized spacial score (nSPS) is 10.5. The van der Waals surface area contributed by atoms with E-state index in [0.717, 1.165) is 22.3 Å². The summed E-state index contributed by atoms with van der Waals surface area (Å²) in [6, 6.07) is 11.6. The van der Waals surface area contributed by atoms with E-state index in [9.17, 15) is 4.79 Å². The van der Waals surface area contributed by atoms with Crippen molar-refractivity contribution >= 4 is 22.6 Å². The number of carbonyl (C=O) groups is 1. The number of aromatic nitrogens is 3. The van der Waals surface area contributed by atoms with Crippen LogP contribution in [0.4, 0.5) is 5.82 Å². The molecule has 2 aromatic heterocycles. The quantitative estimate of drug-likeness (QED) is 0.707. The Bertz CT molecular complexity index is 820. The number of anilines is 1. The van der Waals surface area contributed by atoms with Gasteiger partial charge in [-0.2, -0.15) is 0 Å². The number of hydrogen-bond acceptors (Lipinski definition) is 5. The Hall–Kier alpha value is -3.02. The molecule has 0 saturated carbocycles. The molecular formula is C17H17N5O. The van der Waals surface area contributed by atoms with Gasteiger partial charge < -0.3 is 10.6 Å². The van der Waals surface area contributed by atoms with Crippen molar-refractivity contribution in [1.29, 1.82) is 0 Å². The zero-order chi connectivity index (χ0) is 16.1. The Kier molecular flexibility index (Phi) is 4.42. The molecule has 0 radical (unpaired) electrons. The minimum atomic E-state index is -0.0446. The first-order chi connectivity index (χ1) is 11.2. The lowest BCUT2D eigenvalue weighted by atomic mass is 10.2. The smallest absolute Gasteiger partial charge is 0.216 e. The fourth-order valence-corrected chi connectivity index (χ4v) is 2.26. The maximum Gasteiger partial charge on any atom is 0.216 e. The molecule has 0 unspecified atom stereocenters. The van der Waals surface area contributed by atoms with E-state index < -0.39 is 0 Å². The Morgan fingerprint density at radius 2 is 1.83 bits per heavy atom. The average molecular weight is 307 g/mol. The molecule has 0 aliphatic carbocycles. The first kappa shape index (κ1) is 14.9. The highest BCUT2D eigenvalue weighted by atomic mass is 16.1. The van der Waals surface area contributed by atoms with Crippen molar-refractivity contribution in [3.8, 4) is 11.4 Å². The highest BCUT2D eigenvalue weighted by molar-refractivity contribution is 5.90. The van der Waals surface area contributed by atoms with E-state index in [-0.39, 0.29) is 5.91 Å². The van der Waals surface area contributed by atoms with E-state index in [1.165, 1.54) is 6.92 Å². The number of nitrogens with one attached hydrogen (secondary N) is 2. The fourth-order valence-electron chi connectivity index (χ4n) is 2.26. The van der Waals surface area contributed by atoms with Gasteiger partial charge in [-0.25, -0.2) is 9.97 Å². The van der Waals surface area contributed by atoms with E-state index in [4.69, 9.17) is 0 Å². The van der Waals surface area contributed by atoms with E-state index in [1.807, 2.05) is 36.4 Å². The summed E-state index contributed by atoms with van der Waals surface area (Å²) in [5.74, 6) is 1.36. The molecule has 1 aromatic carbocycles. The second kappa shape index (κ2) is 6.83. The molecule has 3 aromatic rings. The lowest BCUT2D eigenvalue weighted by molar-refractivity contribution is -0.118. The standard InChI is InChI=1S/C17H17N5O/c1-12(23)19-10-11-20-17-14-4-2-3-5-15(14)21-16(22-17)13-6-8-18-9-7-13/h2-9H,10-11H2,1H3,(H,19,23)(H,20,21,22). The Labute approximate surface area is 134 Å². The Balaban J connectivity index is 1.93. The molecule has 0 aliphatic heterocycles. The number of rotatable bonds is 5. The summed E-state index contributed by atoms with van der Waals surface area (Å²) in [6.07, 6.45) is 3.44. The molecule has 23 heavy (non-hydrogen) atoms. The number of hydrogen-bond donors (Lipinski definition) is 2. The van der Waals surface area contributed by atoms with Crippen LogP contribution in [0.15, 0.2) is 48.8 Å². The van der Waals surface area contributed by atoms with Gasteiger partial charge in [0, 0.05) is 43.4 Å². The molecular weight excluding hydrogens is 290 g/mol. The van der Waals surface area contributed by atoms with Crippen molar-refractivity contribution in [2.75, 3.05) is 18.4 Å². The van der Waals surface area contributed by atoms with Crippen molar-refractivity contribution in [3.63, 3.8) is 0 Å². The van der Waals surface area contributed by atoms with Crippen LogP contribution in [-0.4, -0.2) is 33.9 Å². The van der Waals surface area contributed by atoms with Crippen LogP contribution in [0, 0.1) is 0 Å². The molecule has 0 spiro atoms. The molecule has 1 amide bonds. The second-order valence-corrected chi connectivity index (χ2v) is 5.06. The maximum absolute atomic E-state index is 10.9. The summed E-state index contributed by atoms with van der Waals surface area (Å²) >= 11 is 0. The van der Waals surface area contributed by atoms with Crippen molar-refractivity contribution in [1.82, 2.24) is 20.3 Å². The summed E-state index contributed by atoms with van der Waals surface area (Å²) in [6.45, 7) is 2.64. The molecule has 2 N–H and O–H groups in total. The highest BCUT2D eigenvalue weighted by Gasteiger charge is 2.08. The van der Waals surface area contributed by atoms with Gasteiger partial charge in [0.25, 0.3) is 0 Å². The van der Waals surface area contributed by atoms with E-state index in [2.05, 4.69) is 25.6 Å². The minimum Gasteiger partial charge on any atom is -0.368 e. The molecule has 2 heterocycles. The van der Waals surface area contributed by atoms with Gasteiger partial charge in [-0.15, -0.1) is 0 Å². The summed E-state index contributed by atoms with van der Waals surface area (Å²) in [5.41, 5.74) is 1.78. The van der Waals surface area contributed by atoms with Crippen LogP contribution in [0.3, 0.4) is 0 Å². The van der Waals surface area contributed by atoms with Crippen LogP contribution in [0.5, 0.6) is 0 Å². The Morgan fingerprint density at radius 1 is 1.04 bits per heavy atom. The second-order valence-electron chi connectivity index (χ2n) is 5.06. The molecule has 0 atom stereocenters. The topological polar surface area (TPSA) is 79.8 Å². The van der Waals surface area contributed by atoms with Crippen molar-refractivity contribution in [2.45, 2.75) is 6.92 Å². The Morgan fingerprint density at radius 3 is 2.61 bits per heavy atom. The van der Waals surface area contributed by atoms with Crippen LogP contribution in [-0.2, 0) is 4.79 Å². The van der Waals surface area contributed by atoms with Crippen LogP contribution in [0.1, 0.15) is 6.92 Å². The van der Waals surface area contributed by atoms with E-state index in [0.29, 0.717) is 18.9 Å². The lowest BCUT2D eigenvalue weighted by Gasteiger charge is -2.11. The van der Waals surface area contributed by atoms with Crippen molar-refractivity contribution in [3.05, 3.63) is 48.8 Å². The van der Waals surface area contributed by atoms with Gasteiger partial charge in [0.15, 0.2) is 5.82 Å². The molecule has 0 bridgehead atoms. The van der Waals surface area contributed by atoms with Crippen LogP contribution in [0.2, 0.25) is 0 Å². The molecule has 3 rings (SSSR count). The number of nitrogens with zero attached hydrogens (tertiary/aromatic N) is 3. The number of benzene rings is 1. The third kappa shape index (κ3) is 3.60.